The third kappa shape index (κ3) is 9.43. The van der Waals surface area contributed by atoms with Crippen LogP contribution < -0.4 is 10.6 Å². The highest BCUT2D eigenvalue weighted by atomic mass is 16.1. The first-order chi connectivity index (χ1) is 24.5. The van der Waals surface area contributed by atoms with Crippen LogP contribution in [-0.2, 0) is 24.7 Å². The van der Waals surface area contributed by atoms with Gasteiger partial charge >= 0.3 is 0 Å². The fourth-order valence-corrected chi connectivity index (χ4v) is 6.81. The maximum atomic E-state index is 11.9. The summed E-state index contributed by atoms with van der Waals surface area (Å²) in [4.78, 5) is 23.1. The zero-order valence-electron chi connectivity index (χ0n) is 31.3. The molecule has 0 saturated carbocycles. The number of benzene rings is 3. The molecule has 5 rings (SSSR count). The molecule has 0 radical (unpaired) electrons. The molecule has 6 nitrogen and oxygen atoms in total. The van der Waals surface area contributed by atoms with E-state index in [1.54, 1.807) is 0 Å². The van der Waals surface area contributed by atoms with Crippen LogP contribution >= 0.6 is 0 Å². The van der Waals surface area contributed by atoms with Crippen LogP contribution in [0, 0.1) is 0 Å². The summed E-state index contributed by atoms with van der Waals surface area (Å²) in [6, 6.07) is 26.2. The number of nitrogens with one attached hydrogen (secondary N) is 2. The number of hydrogen-bond donors (Lipinski definition) is 2. The largest absolute Gasteiger partial charge is 0.385 e. The lowest BCUT2D eigenvalue weighted by Gasteiger charge is -2.37. The highest BCUT2D eigenvalue weighted by Gasteiger charge is 2.26. The van der Waals surface area contributed by atoms with Crippen LogP contribution in [-0.4, -0.2) is 40.8 Å². The Hall–Kier alpha value is -4.97. The molecule has 1 aliphatic heterocycles. The highest BCUT2D eigenvalue weighted by molar-refractivity contribution is 5.86. The summed E-state index contributed by atoms with van der Waals surface area (Å²) >= 11 is 0. The van der Waals surface area contributed by atoms with E-state index in [0.717, 1.165) is 97.6 Å². The lowest BCUT2D eigenvalue weighted by atomic mass is 9.77. The first kappa shape index (κ1) is 37.3. The first-order valence-electron chi connectivity index (χ1n) is 18.4. The quantitative estimate of drug-likeness (QED) is 0.0907. The van der Waals surface area contributed by atoms with Gasteiger partial charge in [0.05, 0.1) is 6.04 Å². The van der Waals surface area contributed by atoms with Gasteiger partial charge in [-0.3, -0.25) is 4.79 Å². The number of hydrogen-bond acceptors (Lipinski definition) is 6. The Balaban J connectivity index is 1.09. The Morgan fingerprint density at radius 1 is 0.961 bits per heavy atom. The third-order valence-corrected chi connectivity index (χ3v) is 10.3. The van der Waals surface area contributed by atoms with Crippen molar-refractivity contribution in [3.63, 3.8) is 0 Å². The predicted octanol–water partition coefficient (Wildman–Crippen LogP) is 9.64. The minimum Gasteiger partial charge on any atom is -0.385 e. The zero-order chi connectivity index (χ0) is 36.5. The number of anilines is 1. The number of unbranched alkanes of at least 4 members (excludes halogenated alkanes) is 1. The van der Waals surface area contributed by atoms with Gasteiger partial charge in [0, 0.05) is 70.7 Å². The van der Waals surface area contributed by atoms with Crippen molar-refractivity contribution in [3.05, 3.63) is 155 Å². The van der Waals surface area contributed by atoms with Crippen molar-refractivity contribution in [3.8, 4) is 0 Å². The molecule has 0 spiro atoms. The van der Waals surface area contributed by atoms with E-state index in [2.05, 4.69) is 116 Å². The van der Waals surface area contributed by atoms with Crippen LogP contribution in [0.5, 0.6) is 0 Å². The Morgan fingerprint density at radius 2 is 1.63 bits per heavy atom. The van der Waals surface area contributed by atoms with E-state index in [1.807, 2.05) is 37.5 Å². The molecule has 1 unspecified atom stereocenters. The Bertz CT molecular complexity index is 1840. The van der Waals surface area contributed by atoms with Gasteiger partial charge in [-0.15, -0.1) is 0 Å². The van der Waals surface area contributed by atoms with Gasteiger partial charge in [-0.1, -0.05) is 96.0 Å². The van der Waals surface area contributed by atoms with Gasteiger partial charge in [-0.25, -0.2) is 9.97 Å². The molecule has 1 aliphatic rings. The molecule has 51 heavy (non-hydrogen) atoms. The maximum absolute atomic E-state index is 11.9. The minimum atomic E-state index is -0.0887. The Kier molecular flexibility index (Phi) is 12.3. The van der Waals surface area contributed by atoms with Crippen molar-refractivity contribution in [1.82, 2.24) is 20.2 Å². The number of nitrogens with zero attached hydrogens (tertiary/aromatic N) is 3. The molecule has 4 aromatic rings. The standard InChI is InChI=1S/C45H55N5O/c1-31(2)44-47-28-26-40(49-44)23-17-36-15-21-39(22-16-36)45(6,7)38-19-13-35(14-20-38)11-9-10-27-46-41-24-18-37(30-51)42(29-41)34(5)50(8)43-25-12-32(3)48-33(43)4/h13-16,18-22,24,26,28-31,43,46,48H,3-5,9-12,17,23,25,27H2,1-2,6-8H3. The van der Waals surface area contributed by atoms with Gasteiger partial charge in [-0.2, -0.15) is 0 Å². The van der Waals surface area contributed by atoms with Crippen molar-refractivity contribution < 1.29 is 4.79 Å². The van der Waals surface area contributed by atoms with Crippen molar-refractivity contribution in [2.24, 2.45) is 0 Å². The van der Waals surface area contributed by atoms with Crippen LogP contribution in [0.4, 0.5) is 5.69 Å². The lowest BCUT2D eigenvalue weighted by molar-refractivity contribution is 0.112. The normalized spacial score (nSPS) is 14.7. The van der Waals surface area contributed by atoms with E-state index < -0.39 is 0 Å². The van der Waals surface area contributed by atoms with E-state index in [9.17, 15) is 4.79 Å². The second-order valence-electron chi connectivity index (χ2n) is 14.7. The minimum absolute atomic E-state index is 0.0887. The molecule has 1 aromatic heterocycles. The van der Waals surface area contributed by atoms with Gasteiger partial charge in [0.2, 0.25) is 0 Å². The molecule has 0 aliphatic carbocycles. The SMILES string of the molecule is C=C1CCC(N(C)C(=C)c2cc(NCCCCc3ccc(C(C)(C)c4ccc(CCc5ccnc(C(C)C)n5)cc4)cc3)ccc2C=O)C(=C)N1. The van der Waals surface area contributed by atoms with Crippen LogP contribution in [0.15, 0.2) is 110 Å². The number of carbonyl (C=O) groups excluding carboxylic acids is 1. The average molecular weight is 682 g/mol. The van der Waals surface area contributed by atoms with Gasteiger partial charge < -0.3 is 15.5 Å². The van der Waals surface area contributed by atoms with E-state index in [-0.39, 0.29) is 11.5 Å². The summed E-state index contributed by atoms with van der Waals surface area (Å²) < 4.78 is 0. The first-order valence-corrected chi connectivity index (χ1v) is 18.4. The van der Waals surface area contributed by atoms with E-state index in [0.29, 0.717) is 11.5 Å². The molecular formula is C45H55N5O. The summed E-state index contributed by atoms with van der Waals surface area (Å²) in [6.45, 7) is 22.3. The van der Waals surface area contributed by atoms with Gasteiger partial charge in [-0.05, 0) is 91.5 Å². The molecule has 3 aromatic carbocycles. The lowest BCUT2D eigenvalue weighted by Crippen LogP contribution is -2.39. The molecular weight excluding hydrogens is 627 g/mol. The van der Waals surface area contributed by atoms with Gasteiger partial charge in [0.1, 0.15) is 5.82 Å². The Morgan fingerprint density at radius 3 is 2.25 bits per heavy atom. The third-order valence-electron chi connectivity index (χ3n) is 10.3. The van der Waals surface area contributed by atoms with Crippen LogP contribution in [0.1, 0.15) is 109 Å². The molecule has 2 N–H and O–H groups in total. The number of aromatic nitrogens is 2. The number of rotatable bonds is 16. The Labute approximate surface area is 305 Å². The smallest absolute Gasteiger partial charge is 0.150 e. The van der Waals surface area contributed by atoms with Crippen molar-refractivity contribution in [1.29, 1.82) is 0 Å². The second-order valence-corrected chi connectivity index (χ2v) is 14.7. The highest BCUT2D eigenvalue weighted by Crippen LogP contribution is 2.33. The fraction of sp³-hybridized carbons (Fsp3) is 0.356. The summed E-state index contributed by atoms with van der Waals surface area (Å²) in [5.41, 5.74) is 11.5. The van der Waals surface area contributed by atoms with Gasteiger partial charge in [0.15, 0.2) is 6.29 Å². The number of likely N-dealkylation sites (N-methyl/N-ethyl adjacent to an activating group) is 1. The van der Waals surface area contributed by atoms with Crippen LogP contribution in [0.2, 0.25) is 0 Å². The monoisotopic (exact) mass is 681 g/mol. The predicted molar refractivity (Wildman–Crippen MR) is 213 cm³/mol. The molecule has 2 heterocycles. The van der Waals surface area contributed by atoms with E-state index >= 15 is 0 Å². The molecule has 1 fully saturated rings. The number of aryl methyl sites for hydroxylation is 3. The molecule has 0 bridgehead atoms. The van der Waals surface area contributed by atoms with Gasteiger partial charge in [0.25, 0.3) is 0 Å². The summed E-state index contributed by atoms with van der Waals surface area (Å²) in [5.74, 6) is 1.26. The molecule has 6 heteroatoms. The second kappa shape index (κ2) is 16.8. The topological polar surface area (TPSA) is 70.1 Å². The maximum Gasteiger partial charge on any atom is 0.150 e. The summed E-state index contributed by atoms with van der Waals surface area (Å²) in [6.07, 6.45) is 9.62. The fourth-order valence-electron chi connectivity index (χ4n) is 6.81. The van der Waals surface area contributed by atoms with Crippen molar-refractivity contribution >= 4 is 17.7 Å². The zero-order valence-corrected chi connectivity index (χ0v) is 31.3. The summed E-state index contributed by atoms with van der Waals surface area (Å²) in [5, 5.41) is 6.84. The van der Waals surface area contributed by atoms with Crippen LogP contribution in [0.3, 0.4) is 0 Å². The van der Waals surface area contributed by atoms with E-state index in [1.165, 1.54) is 22.3 Å². The number of allylic oxidation sites excluding steroid dienone is 1. The molecule has 266 valence electrons. The number of carbonyl (C=O) groups is 1. The van der Waals surface area contributed by atoms with Crippen LogP contribution in [0.25, 0.3) is 5.70 Å². The number of aldehydes is 1. The molecule has 1 atom stereocenters. The molecule has 1 saturated heterocycles. The van der Waals surface area contributed by atoms with E-state index in [4.69, 9.17) is 4.98 Å². The average Bonchev–Trinajstić information content (AvgIpc) is 3.13. The van der Waals surface area contributed by atoms with Crippen molar-refractivity contribution in [2.75, 3.05) is 18.9 Å². The van der Waals surface area contributed by atoms with Crippen molar-refractivity contribution in [2.45, 2.75) is 90.0 Å². The molecule has 0 amide bonds. The summed E-state index contributed by atoms with van der Waals surface area (Å²) in [7, 11) is 2.01. The number of piperidine rings is 1.